The van der Waals surface area contributed by atoms with Crippen LogP contribution in [-0.2, 0) is 6.42 Å². The van der Waals surface area contributed by atoms with Gasteiger partial charge in [0.25, 0.3) is 0 Å². The molecule has 2 N–H and O–H groups in total. The summed E-state index contributed by atoms with van der Waals surface area (Å²) in [5.41, 5.74) is 0.403. The molecule has 1 aromatic carbocycles. The van der Waals surface area contributed by atoms with Crippen LogP contribution in [-0.4, -0.2) is 10.2 Å². The Morgan fingerprint density at radius 2 is 1.85 bits per heavy atom. The van der Waals surface area contributed by atoms with E-state index in [9.17, 15) is 5.11 Å². The van der Waals surface area contributed by atoms with Gasteiger partial charge in [-0.15, -0.1) is 0 Å². The summed E-state index contributed by atoms with van der Waals surface area (Å²) in [7, 11) is 0. The number of rotatable bonds is 1. The molecule has 64 valence electrons. The van der Waals surface area contributed by atoms with Gasteiger partial charge in [-0.3, -0.25) is 0 Å². The minimum atomic E-state index is -0.276. The van der Waals surface area contributed by atoms with E-state index in [2.05, 4.69) is 0 Å². The van der Waals surface area contributed by atoms with Gasteiger partial charge in [0.1, 0.15) is 17.6 Å². The zero-order valence-corrected chi connectivity index (χ0v) is 6.65. The number of hydrogen-bond acceptors (Lipinski definition) is 4. The fraction of sp³-hybridized carbons (Fsp3) is 0.111. The largest absolute Gasteiger partial charge is 0.507 e. The second-order valence-electron chi connectivity index (χ2n) is 2.44. The molecule has 1 rings (SSSR count). The van der Waals surface area contributed by atoms with Crippen molar-refractivity contribution < 1.29 is 10.2 Å². The Labute approximate surface area is 74.9 Å². The highest BCUT2D eigenvalue weighted by Crippen LogP contribution is 2.26. The number of aromatic hydroxyl groups is 2. The van der Waals surface area contributed by atoms with Crippen molar-refractivity contribution in [3.05, 3.63) is 23.3 Å². The third-order valence-electron chi connectivity index (χ3n) is 1.59. The van der Waals surface area contributed by atoms with Gasteiger partial charge in [0.15, 0.2) is 0 Å². The summed E-state index contributed by atoms with van der Waals surface area (Å²) in [6.07, 6.45) is 0.0147. The molecule has 0 bridgehead atoms. The van der Waals surface area contributed by atoms with Crippen molar-refractivity contribution >= 4 is 0 Å². The van der Waals surface area contributed by atoms with Gasteiger partial charge in [-0.25, -0.2) is 0 Å². The normalized spacial score (nSPS) is 8.77. The molecule has 0 unspecified atom stereocenters. The molecule has 1 aromatic rings. The standard InChI is InChI=1S/C9H6N2O2/c10-2-1-6-3-7(5-11)9(13)4-8(6)12/h3-4,12-13H,1H2. The van der Waals surface area contributed by atoms with Gasteiger partial charge >= 0.3 is 0 Å². The third-order valence-corrected chi connectivity index (χ3v) is 1.59. The van der Waals surface area contributed by atoms with Crippen LogP contribution in [0.25, 0.3) is 0 Å². The van der Waals surface area contributed by atoms with E-state index in [1.807, 2.05) is 6.07 Å². The van der Waals surface area contributed by atoms with Gasteiger partial charge in [-0.2, -0.15) is 10.5 Å². The van der Waals surface area contributed by atoms with E-state index in [0.717, 1.165) is 6.07 Å². The fourth-order valence-electron chi connectivity index (χ4n) is 0.938. The van der Waals surface area contributed by atoms with Gasteiger partial charge in [-0.1, -0.05) is 0 Å². The van der Waals surface area contributed by atoms with Gasteiger partial charge in [-0.05, 0) is 6.07 Å². The minimum absolute atomic E-state index is 0.0147. The molecule has 0 aromatic heterocycles. The van der Waals surface area contributed by atoms with Crippen molar-refractivity contribution in [3.8, 4) is 23.6 Å². The summed E-state index contributed by atoms with van der Waals surface area (Å²) in [6.45, 7) is 0. The molecule has 0 amide bonds. The van der Waals surface area contributed by atoms with Crippen LogP contribution < -0.4 is 0 Å². The lowest BCUT2D eigenvalue weighted by Crippen LogP contribution is -1.86. The number of phenols is 2. The molecular weight excluding hydrogens is 168 g/mol. The maximum Gasteiger partial charge on any atom is 0.137 e. The van der Waals surface area contributed by atoms with Crippen LogP contribution >= 0.6 is 0 Å². The van der Waals surface area contributed by atoms with E-state index in [1.165, 1.54) is 6.07 Å². The van der Waals surface area contributed by atoms with Gasteiger partial charge in [0.2, 0.25) is 0 Å². The first-order valence-corrected chi connectivity index (χ1v) is 3.51. The first-order chi connectivity index (χ1) is 6.19. The molecule has 0 heterocycles. The van der Waals surface area contributed by atoms with Crippen molar-refractivity contribution in [1.29, 1.82) is 10.5 Å². The Balaban J connectivity index is 3.26. The van der Waals surface area contributed by atoms with E-state index in [4.69, 9.17) is 15.6 Å². The first-order valence-electron chi connectivity index (χ1n) is 3.51. The lowest BCUT2D eigenvalue weighted by molar-refractivity contribution is 0.446. The maximum absolute atomic E-state index is 9.22. The SMILES string of the molecule is N#CCc1cc(C#N)c(O)cc1O. The van der Waals surface area contributed by atoms with E-state index < -0.39 is 0 Å². The quantitative estimate of drug-likeness (QED) is 0.665. The van der Waals surface area contributed by atoms with Gasteiger partial charge in [0, 0.05) is 11.6 Å². The summed E-state index contributed by atoms with van der Waals surface area (Å²) in [5, 5.41) is 35.2. The van der Waals surface area contributed by atoms with Crippen LogP contribution in [0.1, 0.15) is 11.1 Å². The van der Waals surface area contributed by atoms with Crippen molar-refractivity contribution in [2.45, 2.75) is 6.42 Å². The van der Waals surface area contributed by atoms with Crippen molar-refractivity contribution in [3.63, 3.8) is 0 Å². The topological polar surface area (TPSA) is 88.0 Å². The van der Waals surface area contributed by atoms with Crippen LogP contribution in [0.5, 0.6) is 11.5 Å². The second-order valence-corrected chi connectivity index (χ2v) is 2.44. The molecule has 0 saturated carbocycles. The minimum Gasteiger partial charge on any atom is -0.507 e. The van der Waals surface area contributed by atoms with E-state index in [0.29, 0.717) is 5.56 Å². The highest BCUT2D eigenvalue weighted by atomic mass is 16.3. The number of phenolic OH excluding ortho intramolecular Hbond substituents is 2. The lowest BCUT2D eigenvalue weighted by Gasteiger charge is -2.01. The highest BCUT2D eigenvalue weighted by molar-refractivity contribution is 5.51. The van der Waals surface area contributed by atoms with E-state index >= 15 is 0 Å². The van der Waals surface area contributed by atoms with Crippen LogP contribution in [0.4, 0.5) is 0 Å². The molecule has 0 fully saturated rings. The van der Waals surface area contributed by atoms with Gasteiger partial charge in [0.05, 0.1) is 18.1 Å². The Morgan fingerprint density at radius 1 is 1.15 bits per heavy atom. The van der Waals surface area contributed by atoms with Crippen molar-refractivity contribution in [2.24, 2.45) is 0 Å². The predicted octanol–water partition coefficient (Wildman–Crippen LogP) is 1.04. The van der Waals surface area contributed by atoms with Crippen LogP contribution in [0, 0.1) is 22.7 Å². The molecule has 4 heteroatoms. The molecule has 0 saturated heterocycles. The molecule has 0 aliphatic carbocycles. The third kappa shape index (κ3) is 1.69. The van der Waals surface area contributed by atoms with Crippen LogP contribution in [0.15, 0.2) is 12.1 Å². The zero-order chi connectivity index (χ0) is 9.84. The molecule has 13 heavy (non-hydrogen) atoms. The maximum atomic E-state index is 9.22. The predicted molar refractivity (Wildman–Crippen MR) is 43.8 cm³/mol. The molecule has 0 aliphatic rings. The Hall–Kier alpha value is -2.20. The number of nitriles is 2. The molecule has 0 radical (unpaired) electrons. The smallest absolute Gasteiger partial charge is 0.137 e. The lowest BCUT2D eigenvalue weighted by atomic mass is 10.1. The summed E-state index contributed by atoms with van der Waals surface area (Å²) >= 11 is 0. The fourth-order valence-corrected chi connectivity index (χ4v) is 0.938. The summed E-state index contributed by atoms with van der Waals surface area (Å²) in [4.78, 5) is 0. The van der Waals surface area contributed by atoms with Crippen LogP contribution in [0.2, 0.25) is 0 Å². The van der Waals surface area contributed by atoms with Crippen molar-refractivity contribution in [1.82, 2.24) is 0 Å². The average Bonchev–Trinajstić information content (AvgIpc) is 2.10. The molecule has 0 spiro atoms. The zero-order valence-electron chi connectivity index (χ0n) is 6.65. The van der Waals surface area contributed by atoms with E-state index in [-0.39, 0.29) is 23.5 Å². The van der Waals surface area contributed by atoms with Gasteiger partial charge < -0.3 is 10.2 Å². The summed E-state index contributed by atoms with van der Waals surface area (Å²) in [6, 6.07) is 5.96. The molecule has 0 aliphatic heterocycles. The molecule has 4 nitrogen and oxygen atoms in total. The number of benzene rings is 1. The molecular formula is C9H6N2O2. The highest BCUT2D eigenvalue weighted by Gasteiger charge is 2.07. The Bertz CT molecular complexity index is 413. The number of nitrogens with zero attached hydrogens (tertiary/aromatic N) is 2. The Kier molecular flexibility index (Phi) is 2.37. The monoisotopic (exact) mass is 174 g/mol. The average molecular weight is 174 g/mol. The number of hydrogen-bond donors (Lipinski definition) is 2. The Morgan fingerprint density at radius 3 is 2.38 bits per heavy atom. The summed E-state index contributed by atoms with van der Waals surface area (Å²) in [5.74, 6) is -0.445. The van der Waals surface area contributed by atoms with E-state index in [1.54, 1.807) is 6.07 Å². The summed E-state index contributed by atoms with van der Waals surface area (Å²) < 4.78 is 0. The van der Waals surface area contributed by atoms with Crippen molar-refractivity contribution in [2.75, 3.05) is 0 Å². The second kappa shape index (κ2) is 3.46. The first kappa shape index (κ1) is 8.89. The molecule has 0 atom stereocenters. The van der Waals surface area contributed by atoms with Crippen LogP contribution in [0.3, 0.4) is 0 Å².